The number of carbonyl (C=O) groups is 5. The average Bonchev–Trinajstić information content (AvgIpc) is 4.30. The van der Waals surface area contributed by atoms with Gasteiger partial charge in [-0.1, -0.05) is 78.3 Å². The van der Waals surface area contributed by atoms with Gasteiger partial charge in [-0.15, -0.1) is 28.6 Å². The van der Waals surface area contributed by atoms with Crippen molar-refractivity contribution in [2.45, 2.75) is 188 Å². The number of hydrogen-bond acceptors (Lipinski definition) is 17. The molecule has 2 saturated heterocycles. The van der Waals surface area contributed by atoms with Gasteiger partial charge in [0.1, 0.15) is 17.8 Å². The lowest BCUT2D eigenvalue weighted by Crippen LogP contribution is -2.59. The minimum atomic E-state index is -3.98. The summed E-state index contributed by atoms with van der Waals surface area (Å²) in [6.45, 7) is 15.8. The third kappa shape index (κ3) is 17.0. The van der Waals surface area contributed by atoms with Crippen molar-refractivity contribution in [3.63, 3.8) is 0 Å². The number of likely N-dealkylation sites (tertiary alicyclic amines) is 2. The molecule has 2 bridgehead atoms. The van der Waals surface area contributed by atoms with E-state index in [-0.39, 0.29) is 48.3 Å². The van der Waals surface area contributed by atoms with E-state index in [9.17, 15) is 37.5 Å². The molecule has 5 amide bonds. The number of amides is 5. The quantitative estimate of drug-likeness (QED) is 0.0653. The number of rotatable bonds is 28. The Kier molecular flexibility index (Phi) is 24.0. The van der Waals surface area contributed by atoms with Gasteiger partial charge in [-0.2, -0.15) is 0 Å². The van der Waals surface area contributed by atoms with Crippen molar-refractivity contribution in [1.82, 2.24) is 49.9 Å². The van der Waals surface area contributed by atoms with Gasteiger partial charge >= 0.3 is 0 Å². The lowest BCUT2D eigenvalue weighted by molar-refractivity contribution is -0.148. The number of benzene rings is 2. The number of aliphatic hydroxyl groups is 1. The molecule has 466 valence electrons. The van der Waals surface area contributed by atoms with Crippen LogP contribution in [-0.2, 0) is 67.9 Å². The van der Waals surface area contributed by atoms with Gasteiger partial charge in [-0.05, 0) is 112 Å². The van der Waals surface area contributed by atoms with E-state index in [1.54, 1.807) is 71.6 Å². The van der Waals surface area contributed by atoms with Crippen LogP contribution in [0.15, 0.2) is 58.3 Å². The van der Waals surface area contributed by atoms with Crippen molar-refractivity contribution >= 4 is 63.1 Å². The molecular formula is C60H92N10O11S3. The number of ether oxygens (including phenoxy) is 3. The molecule has 7 rings (SSSR count). The Labute approximate surface area is 506 Å². The molecule has 3 aromatic rings. The smallest absolute Gasteiger partial charge is 0.259 e. The largest absolute Gasteiger partial charge is 0.451 e. The van der Waals surface area contributed by atoms with Crippen molar-refractivity contribution in [3.8, 4) is 5.75 Å². The number of sulfonamides is 1. The Morgan fingerprint density at radius 1 is 0.821 bits per heavy atom. The van der Waals surface area contributed by atoms with E-state index in [0.29, 0.717) is 69.0 Å². The monoisotopic (exact) mass is 1220 g/mol. The summed E-state index contributed by atoms with van der Waals surface area (Å²) in [5.41, 5.74) is 2.76. The van der Waals surface area contributed by atoms with Crippen molar-refractivity contribution in [1.29, 1.82) is 0 Å². The summed E-state index contributed by atoms with van der Waals surface area (Å²) in [6, 6.07) is 11.7. The average molecular weight is 1230 g/mol. The number of carbonyl (C=O) groups excluding carboxylic acids is 5. The van der Waals surface area contributed by atoms with Crippen LogP contribution in [0.5, 0.6) is 5.75 Å². The number of hydrogen-bond donors (Lipinski definition) is 4. The summed E-state index contributed by atoms with van der Waals surface area (Å²) in [5, 5.41) is 25.5. The summed E-state index contributed by atoms with van der Waals surface area (Å²) in [7, 11) is 4.39. The van der Waals surface area contributed by atoms with Crippen LogP contribution in [0.4, 0.5) is 0 Å². The standard InChI is InChI=1S/C60H92N10O11S3/c1-13-38(6)54(67(10)59(75)52(36(2)3)62-58(74)53(37(4)5)66(8)9)50(79-11)32-51(71)69-27-15-18-48(69)55(80-12)39(7)56(72)61-46(57(73)64-84(77,78)45-23-24-45)30-40-19-21-42(22-20-40)81-60(76)68-28-25-41(26-29-68)33-70-49-35-83-44-17-14-16-43(31-44)82-34-47(49)63-65-70/h14,16-17,19-22,31,36-39,41,45-46,48,50,52-55,60,76H,13,15,18,23-30,32-35H2,1-12H3,(H,61,72)(H,62,74)(H,64,73)/t38-,39+,46-,48-,50+,52-,53-,54-,55+,60?/m0/s1. The third-order valence-corrected chi connectivity index (χ3v) is 21.1. The normalized spacial score (nSPS) is 20.3. The van der Waals surface area contributed by atoms with Crippen molar-refractivity contribution in [3.05, 3.63) is 65.5 Å². The summed E-state index contributed by atoms with van der Waals surface area (Å²) in [6.07, 6.45) is 1.46. The molecule has 21 nitrogen and oxygen atoms in total. The number of methoxy groups -OCH3 is 2. The molecule has 1 aromatic heterocycles. The first-order valence-electron chi connectivity index (χ1n) is 29.8. The Balaban J connectivity index is 0.964. The molecule has 1 unspecified atom stereocenters. The minimum Gasteiger partial charge on any atom is -0.451 e. The van der Waals surface area contributed by atoms with E-state index in [1.807, 2.05) is 65.4 Å². The SMILES string of the molecule is CC[C@H](C)[C@@H]([C@@H](CC(=O)N1CCC[C@H]1[C@H](OC)[C@@H](C)C(=O)N[C@@H](Cc1ccc(OC(O)N2CCC(Cn3nnc4c3CSc3cccc(c3)SC4)CC2)cc1)C(=O)NS(=O)(=O)C1CC1)OC)N(C)C(=O)[C@@H](NC(=O)[C@H](C(C)C)N(C)C)C(C)C. The highest BCUT2D eigenvalue weighted by molar-refractivity contribution is 7.99. The molecule has 3 aliphatic heterocycles. The number of likely N-dealkylation sites (N-methyl/N-ethyl adjacent to an activating group) is 2. The molecule has 10 atom stereocenters. The van der Waals surface area contributed by atoms with Crippen molar-refractivity contribution < 1.29 is 51.7 Å². The van der Waals surface area contributed by atoms with Crippen molar-refractivity contribution in [2.75, 3.05) is 55.0 Å². The number of thioether (sulfide) groups is 2. The molecule has 0 radical (unpaired) electrons. The topological polar surface area (TPSA) is 247 Å². The Morgan fingerprint density at radius 2 is 1.49 bits per heavy atom. The second kappa shape index (κ2) is 30.2. The Morgan fingerprint density at radius 3 is 2.08 bits per heavy atom. The van der Waals surface area contributed by atoms with Crippen LogP contribution in [0.3, 0.4) is 0 Å². The first kappa shape index (κ1) is 66.7. The van der Waals surface area contributed by atoms with Gasteiger partial charge in [0.2, 0.25) is 33.7 Å². The molecule has 0 spiro atoms. The third-order valence-electron chi connectivity index (χ3n) is 17.3. The summed E-state index contributed by atoms with van der Waals surface area (Å²) < 4.78 is 48.6. The fourth-order valence-corrected chi connectivity index (χ4v) is 15.4. The molecule has 84 heavy (non-hydrogen) atoms. The number of fused-ring (bicyclic) bond motifs is 3. The van der Waals surface area contributed by atoms with Gasteiger partial charge < -0.3 is 39.8 Å². The molecule has 24 heteroatoms. The van der Waals surface area contributed by atoms with E-state index in [0.717, 1.165) is 42.3 Å². The van der Waals surface area contributed by atoms with Crippen LogP contribution in [0, 0.1) is 29.6 Å². The number of aromatic nitrogens is 3. The van der Waals surface area contributed by atoms with Gasteiger partial charge in [0, 0.05) is 75.2 Å². The molecule has 4 heterocycles. The lowest BCUT2D eigenvalue weighted by atomic mass is 9.89. The minimum absolute atomic E-state index is 0.000756. The van der Waals surface area contributed by atoms with Gasteiger partial charge in [0.15, 0.2) is 0 Å². The zero-order valence-electron chi connectivity index (χ0n) is 51.2. The lowest BCUT2D eigenvalue weighted by Gasteiger charge is -2.41. The number of aliphatic hydroxyl groups excluding tert-OH is 1. The first-order valence-corrected chi connectivity index (χ1v) is 33.4. The molecular weight excluding hydrogens is 1130 g/mol. The number of nitrogens with zero attached hydrogens (tertiary/aromatic N) is 7. The molecule has 1 aliphatic carbocycles. The Hall–Kier alpha value is -4.82. The zero-order chi connectivity index (χ0) is 61.2. The van der Waals surface area contributed by atoms with E-state index >= 15 is 0 Å². The molecule has 4 N–H and O–H groups in total. The van der Waals surface area contributed by atoms with Crippen LogP contribution < -0.4 is 20.1 Å². The van der Waals surface area contributed by atoms with Crippen LogP contribution in [0.2, 0.25) is 0 Å². The van der Waals surface area contributed by atoms with E-state index in [2.05, 4.69) is 54.6 Å². The number of piperidine rings is 1. The predicted octanol–water partition coefficient (Wildman–Crippen LogP) is 5.53. The van der Waals surface area contributed by atoms with E-state index < -0.39 is 81.8 Å². The van der Waals surface area contributed by atoms with Crippen LogP contribution in [0.1, 0.15) is 117 Å². The summed E-state index contributed by atoms with van der Waals surface area (Å²) >= 11 is 3.57. The predicted molar refractivity (Wildman–Crippen MR) is 324 cm³/mol. The maximum Gasteiger partial charge on any atom is 0.259 e. The van der Waals surface area contributed by atoms with Crippen LogP contribution >= 0.6 is 23.5 Å². The first-order chi connectivity index (χ1) is 39.9. The highest BCUT2D eigenvalue weighted by Gasteiger charge is 2.45. The molecule has 4 aliphatic rings. The maximum atomic E-state index is 14.6. The summed E-state index contributed by atoms with van der Waals surface area (Å²) in [5.74, 6) is -1.17. The molecule has 3 fully saturated rings. The van der Waals surface area contributed by atoms with E-state index in [1.165, 1.54) is 24.0 Å². The second-order valence-electron chi connectivity index (χ2n) is 24.2. The Bertz CT molecular complexity index is 2800. The second-order valence-corrected chi connectivity index (χ2v) is 28.3. The van der Waals surface area contributed by atoms with Crippen LogP contribution in [0.25, 0.3) is 0 Å². The van der Waals surface area contributed by atoms with Gasteiger partial charge in [-0.25, -0.2) is 18.0 Å². The fraction of sp³-hybridized carbons (Fsp3) is 0.683. The fourth-order valence-electron chi connectivity index (χ4n) is 12.1. The van der Waals surface area contributed by atoms with Gasteiger partial charge in [-0.3, -0.25) is 33.6 Å². The highest BCUT2D eigenvalue weighted by Crippen LogP contribution is 2.35. The maximum absolute atomic E-state index is 14.6. The van der Waals surface area contributed by atoms with E-state index in [4.69, 9.17) is 14.2 Å². The number of nitrogens with one attached hydrogen (secondary N) is 3. The summed E-state index contributed by atoms with van der Waals surface area (Å²) in [4.78, 5) is 80.5. The van der Waals surface area contributed by atoms with Gasteiger partial charge in [0.25, 0.3) is 12.3 Å². The highest BCUT2D eigenvalue weighted by atomic mass is 32.2. The van der Waals surface area contributed by atoms with Crippen molar-refractivity contribution in [2.24, 2.45) is 29.6 Å². The molecule has 2 aromatic carbocycles. The van der Waals surface area contributed by atoms with Gasteiger partial charge in [0.05, 0.1) is 59.3 Å². The van der Waals surface area contributed by atoms with Crippen LogP contribution in [-0.4, -0.2) is 187 Å². The zero-order valence-corrected chi connectivity index (χ0v) is 53.6. The molecule has 1 saturated carbocycles.